The molecular formula is C33H25IN2O3. The van der Waals surface area contributed by atoms with Gasteiger partial charge in [-0.2, -0.15) is 0 Å². The maximum absolute atomic E-state index is 14.5. The number of para-hydroxylation sites is 1. The highest BCUT2D eigenvalue weighted by atomic mass is 127. The minimum atomic E-state index is -0.877. The lowest BCUT2D eigenvalue weighted by atomic mass is 9.47. The number of anilines is 1. The van der Waals surface area contributed by atoms with Gasteiger partial charge in [0.25, 0.3) is 0 Å². The van der Waals surface area contributed by atoms with Gasteiger partial charge in [0.05, 0.1) is 35.2 Å². The lowest BCUT2D eigenvalue weighted by Crippen LogP contribution is -2.54. The second-order valence-electron chi connectivity index (χ2n) is 10.2. The van der Waals surface area contributed by atoms with E-state index in [1.54, 1.807) is 12.1 Å². The van der Waals surface area contributed by atoms with Crippen molar-refractivity contribution in [1.29, 1.82) is 0 Å². The van der Waals surface area contributed by atoms with Gasteiger partial charge in [0.1, 0.15) is 5.75 Å². The molecule has 3 aliphatic carbocycles. The van der Waals surface area contributed by atoms with Crippen LogP contribution < -0.4 is 9.64 Å². The Morgan fingerprint density at radius 3 is 2.10 bits per heavy atom. The average Bonchev–Trinajstić information content (AvgIpc) is 3.24. The molecule has 4 aromatic carbocycles. The largest absolute Gasteiger partial charge is 0.494 e. The molecule has 0 saturated carbocycles. The summed E-state index contributed by atoms with van der Waals surface area (Å²) in [6.07, 6.45) is 1.95. The number of carbonyl (C=O) groups excluding carboxylic acids is 2. The van der Waals surface area contributed by atoms with Gasteiger partial charge in [0, 0.05) is 15.7 Å². The van der Waals surface area contributed by atoms with Crippen molar-refractivity contribution in [3.63, 3.8) is 0 Å². The summed E-state index contributed by atoms with van der Waals surface area (Å²) in [5, 5.41) is 0. The molecule has 1 aliphatic heterocycles. The summed E-state index contributed by atoms with van der Waals surface area (Å²) in [5.41, 5.74) is 4.84. The highest BCUT2D eigenvalue weighted by Gasteiger charge is 2.67. The average molecular weight is 624 g/mol. The van der Waals surface area contributed by atoms with E-state index < -0.39 is 17.3 Å². The molecule has 4 aliphatic rings. The van der Waals surface area contributed by atoms with E-state index in [1.165, 1.54) is 4.90 Å². The first-order valence-corrected chi connectivity index (χ1v) is 14.2. The maximum Gasteiger partial charge on any atom is 0.239 e. The van der Waals surface area contributed by atoms with E-state index in [-0.39, 0.29) is 17.7 Å². The van der Waals surface area contributed by atoms with Gasteiger partial charge in [-0.25, -0.2) is 4.90 Å². The Hall–Kier alpha value is -3.78. The predicted molar refractivity (Wildman–Crippen MR) is 160 cm³/mol. The number of halogens is 1. The van der Waals surface area contributed by atoms with Gasteiger partial charge in [-0.15, -0.1) is 0 Å². The quantitative estimate of drug-likeness (QED) is 0.142. The lowest BCUT2D eigenvalue weighted by molar-refractivity contribution is -0.122. The zero-order valence-corrected chi connectivity index (χ0v) is 23.4. The molecule has 1 fully saturated rings. The van der Waals surface area contributed by atoms with E-state index in [0.717, 1.165) is 31.5 Å². The SMILES string of the molecule is CCOc1ccc(N2C(=O)[C@@H]3[C@@H](C2=O)C2c4ccccc4C3(C=Nc3ccccc3I)c3ccccc32)cc1. The molecule has 0 spiro atoms. The van der Waals surface area contributed by atoms with Gasteiger partial charge >= 0.3 is 0 Å². The van der Waals surface area contributed by atoms with Crippen LogP contribution in [0.4, 0.5) is 11.4 Å². The Morgan fingerprint density at radius 1 is 0.846 bits per heavy atom. The van der Waals surface area contributed by atoms with Crippen LogP contribution in [0, 0.1) is 15.4 Å². The number of carbonyl (C=O) groups is 2. The molecule has 192 valence electrons. The number of hydrogen-bond donors (Lipinski definition) is 0. The van der Waals surface area contributed by atoms with Gasteiger partial charge in [0.15, 0.2) is 0 Å². The zero-order valence-electron chi connectivity index (χ0n) is 21.3. The van der Waals surface area contributed by atoms with Gasteiger partial charge in [-0.1, -0.05) is 60.7 Å². The molecular weight excluding hydrogens is 599 g/mol. The van der Waals surface area contributed by atoms with Crippen molar-refractivity contribution in [2.45, 2.75) is 18.3 Å². The topological polar surface area (TPSA) is 59.0 Å². The highest BCUT2D eigenvalue weighted by Crippen LogP contribution is 2.63. The van der Waals surface area contributed by atoms with Crippen LogP contribution in [0.3, 0.4) is 0 Å². The molecule has 2 bridgehead atoms. The number of hydrogen-bond acceptors (Lipinski definition) is 4. The lowest BCUT2D eigenvalue weighted by Gasteiger charge is -2.52. The van der Waals surface area contributed by atoms with E-state index in [2.05, 4.69) is 46.9 Å². The molecule has 1 saturated heterocycles. The molecule has 0 radical (unpaired) electrons. The molecule has 1 heterocycles. The third-order valence-corrected chi connectivity index (χ3v) is 9.26. The summed E-state index contributed by atoms with van der Waals surface area (Å²) in [4.78, 5) is 35.1. The van der Waals surface area contributed by atoms with E-state index in [1.807, 2.05) is 73.8 Å². The van der Waals surface area contributed by atoms with E-state index in [9.17, 15) is 9.59 Å². The zero-order chi connectivity index (χ0) is 26.7. The minimum absolute atomic E-state index is 0.157. The van der Waals surface area contributed by atoms with Crippen LogP contribution in [0.15, 0.2) is 102 Å². The molecule has 0 aromatic heterocycles. The second kappa shape index (κ2) is 9.16. The number of imide groups is 1. The molecule has 6 heteroatoms. The molecule has 4 aromatic rings. The van der Waals surface area contributed by atoms with E-state index >= 15 is 0 Å². The normalized spacial score (nSPS) is 24.6. The van der Waals surface area contributed by atoms with Crippen LogP contribution in [-0.2, 0) is 15.0 Å². The van der Waals surface area contributed by atoms with E-state index in [4.69, 9.17) is 9.73 Å². The Morgan fingerprint density at radius 2 is 1.46 bits per heavy atom. The smallest absolute Gasteiger partial charge is 0.239 e. The molecule has 8 rings (SSSR count). The van der Waals surface area contributed by atoms with Crippen molar-refractivity contribution in [1.82, 2.24) is 0 Å². The summed E-state index contributed by atoms with van der Waals surface area (Å²) < 4.78 is 6.62. The molecule has 2 atom stereocenters. The Labute approximate surface area is 240 Å². The van der Waals surface area contributed by atoms with Gasteiger partial charge in [0.2, 0.25) is 11.8 Å². The summed E-state index contributed by atoms with van der Waals surface area (Å²) in [6.45, 7) is 2.47. The van der Waals surface area contributed by atoms with Crippen LogP contribution >= 0.6 is 22.6 Å². The molecule has 2 amide bonds. The van der Waals surface area contributed by atoms with Crippen LogP contribution in [0.2, 0.25) is 0 Å². The monoisotopic (exact) mass is 624 g/mol. The number of rotatable bonds is 5. The number of nitrogens with zero attached hydrogens (tertiary/aromatic N) is 2. The van der Waals surface area contributed by atoms with Crippen molar-refractivity contribution in [2.24, 2.45) is 16.8 Å². The van der Waals surface area contributed by atoms with Crippen molar-refractivity contribution in [3.05, 3.63) is 123 Å². The maximum atomic E-state index is 14.5. The van der Waals surface area contributed by atoms with Gasteiger partial charge in [-0.05, 0) is 88.2 Å². The summed E-state index contributed by atoms with van der Waals surface area (Å²) in [7, 11) is 0. The second-order valence-corrected chi connectivity index (χ2v) is 11.3. The first-order chi connectivity index (χ1) is 19.1. The molecule has 0 unspecified atom stereocenters. The van der Waals surface area contributed by atoms with Crippen molar-refractivity contribution < 1.29 is 14.3 Å². The van der Waals surface area contributed by atoms with Gasteiger partial charge < -0.3 is 4.74 Å². The van der Waals surface area contributed by atoms with Crippen LogP contribution in [0.5, 0.6) is 5.75 Å². The highest BCUT2D eigenvalue weighted by molar-refractivity contribution is 14.1. The fraction of sp³-hybridized carbons (Fsp3) is 0.182. The summed E-state index contributed by atoms with van der Waals surface area (Å²) >= 11 is 2.29. The first-order valence-electron chi connectivity index (χ1n) is 13.2. The van der Waals surface area contributed by atoms with Crippen LogP contribution in [0.25, 0.3) is 0 Å². The predicted octanol–water partition coefficient (Wildman–Crippen LogP) is 6.64. The number of benzene rings is 4. The Balaban J connectivity index is 1.46. The first kappa shape index (κ1) is 24.3. The van der Waals surface area contributed by atoms with Crippen molar-refractivity contribution in [2.75, 3.05) is 11.5 Å². The molecule has 39 heavy (non-hydrogen) atoms. The van der Waals surface area contributed by atoms with Crippen LogP contribution in [0.1, 0.15) is 35.1 Å². The third kappa shape index (κ3) is 3.40. The van der Waals surface area contributed by atoms with Crippen molar-refractivity contribution in [3.8, 4) is 5.75 Å². The fourth-order valence-electron chi connectivity index (χ4n) is 6.89. The van der Waals surface area contributed by atoms with Crippen LogP contribution in [-0.4, -0.2) is 24.6 Å². The van der Waals surface area contributed by atoms with Crippen molar-refractivity contribution >= 4 is 52.0 Å². The number of amides is 2. The standard InChI is InChI=1S/C33H25IN2O3/c1-2-39-21-17-15-20(16-18-21)36-31(37)29-28-22-9-3-5-11-24(22)33(30(29)32(36)38,25-12-6-4-10-23(25)28)19-35-27-14-8-7-13-26(27)34/h3-19,28-30H,2H2,1H3/t28?,29-,30-,33?/m0/s1. The van der Waals surface area contributed by atoms with E-state index in [0.29, 0.717) is 18.0 Å². The Kier molecular flexibility index (Phi) is 5.70. The number of ether oxygens (including phenoxy) is 1. The fourth-order valence-corrected chi connectivity index (χ4v) is 7.42. The third-order valence-electron chi connectivity index (χ3n) is 8.35. The summed E-state index contributed by atoms with van der Waals surface area (Å²) in [5.74, 6) is -0.948. The molecule has 5 nitrogen and oxygen atoms in total. The molecule has 0 N–H and O–H groups in total. The van der Waals surface area contributed by atoms with Gasteiger partial charge in [-0.3, -0.25) is 14.6 Å². The Bertz CT molecular complexity index is 1610. The number of aliphatic imine (C=N–C) groups is 1. The minimum Gasteiger partial charge on any atom is -0.494 e. The summed E-state index contributed by atoms with van der Waals surface area (Å²) in [6, 6.07) is 31.7.